The Hall–Kier alpha value is -3.07. The van der Waals surface area contributed by atoms with Crippen LogP contribution in [-0.2, 0) is 6.42 Å². The second-order valence-electron chi connectivity index (χ2n) is 7.64. The lowest BCUT2D eigenvalue weighted by Crippen LogP contribution is -1.92. The molecule has 0 unspecified atom stereocenters. The fraction of sp³-hybridized carbons (Fsp3) is 0.185. The Bertz CT molecular complexity index is 1190. The predicted octanol–water partition coefficient (Wildman–Crippen LogP) is 8.32. The highest BCUT2D eigenvalue weighted by atomic mass is 19.1. The first-order valence-corrected chi connectivity index (χ1v) is 10.3. The Balaban J connectivity index is 1.68. The van der Waals surface area contributed by atoms with Crippen LogP contribution in [0.1, 0.15) is 31.7 Å². The third kappa shape index (κ3) is 4.11. The van der Waals surface area contributed by atoms with Crippen LogP contribution in [0.15, 0.2) is 72.8 Å². The van der Waals surface area contributed by atoms with Gasteiger partial charge in [-0.25, -0.2) is 13.2 Å². The van der Waals surface area contributed by atoms with Gasteiger partial charge in [-0.15, -0.1) is 0 Å². The molecule has 0 atom stereocenters. The highest BCUT2D eigenvalue weighted by Crippen LogP contribution is 2.33. The van der Waals surface area contributed by atoms with Crippen molar-refractivity contribution in [1.29, 1.82) is 0 Å². The van der Waals surface area contributed by atoms with Gasteiger partial charge < -0.3 is 0 Å². The van der Waals surface area contributed by atoms with Crippen molar-refractivity contribution in [3.05, 3.63) is 95.8 Å². The zero-order valence-corrected chi connectivity index (χ0v) is 16.9. The van der Waals surface area contributed by atoms with E-state index < -0.39 is 11.6 Å². The third-order valence-corrected chi connectivity index (χ3v) is 5.50. The second kappa shape index (κ2) is 8.74. The van der Waals surface area contributed by atoms with E-state index in [1.165, 1.54) is 42.7 Å². The van der Waals surface area contributed by atoms with E-state index in [1.54, 1.807) is 24.3 Å². The molecular weight excluding hydrogens is 381 g/mol. The highest BCUT2D eigenvalue weighted by Gasteiger charge is 2.13. The smallest absolute Gasteiger partial charge is 0.138 e. The summed E-state index contributed by atoms with van der Waals surface area (Å²) in [6, 6.07) is 19.7. The van der Waals surface area contributed by atoms with Gasteiger partial charge in [0.25, 0.3) is 0 Å². The van der Waals surface area contributed by atoms with Gasteiger partial charge in [-0.1, -0.05) is 74.4 Å². The first-order chi connectivity index (χ1) is 14.6. The highest BCUT2D eigenvalue weighted by molar-refractivity contribution is 5.89. The predicted molar refractivity (Wildman–Crippen MR) is 118 cm³/mol. The normalized spacial score (nSPS) is 11.2. The molecule has 0 nitrogen and oxygen atoms in total. The molecule has 0 radical (unpaired) electrons. The number of fused-ring (bicyclic) bond motifs is 1. The number of benzene rings is 4. The molecule has 0 amide bonds. The van der Waals surface area contributed by atoms with Crippen LogP contribution >= 0.6 is 0 Å². The van der Waals surface area contributed by atoms with E-state index in [2.05, 4.69) is 6.92 Å². The summed E-state index contributed by atoms with van der Waals surface area (Å²) in [4.78, 5) is 0. The van der Waals surface area contributed by atoms with Crippen LogP contribution in [0.5, 0.6) is 0 Å². The van der Waals surface area contributed by atoms with Gasteiger partial charge in [-0.2, -0.15) is 0 Å². The van der Waals surface area contributed by atoms with Crippen LogP contribution in [0.3, 0.4) is 0 Å². The maximum atomic E-state index is 15.2. The van der Waals surface area contributed by atoms with Gasteiger partial charge in [0, 0.05) is 16.5 Å². The molecule has 0 aliphatic carbocycles. The molecule has 0 saturated carbocycles. The molecule has 3 heteroatoms. The van der Waals surface area contributed by atoms with Crippen molar-refractivity contribution >= 4 is 10.8 Å². The molecule has 4 aromatic rings. The lowest BCUT2D eigenvalue weighted by Gasteiger charge is -2.11. The Morgan fingerprint density at radius 2 is 1.50 bits per heavy atom. The molecule has 0 heterocycles. The monoisotopic (exact) mass is 404 g/mol. The number of rotatable bonds is 6. The lowest BCUT2D eigenvalue weighted by molar-refractivity contribution is 0.624. The summed E-state index contributed by atoms with van der Waals surface area (Å²) in [5, 5.41) is 1.38. The molecule has 0 N–H and O–H groups in total. The molecule has 0 spiro atoms. The number of unbranched alkanes of at least 4 members (excludes halogenated alkanes) is 2. The Kier molecular flexibility index (Phi) is 5.89. The Morgan fingerprint density at radius 1 is 0.700 bits per heavy atom. The van der Waals surface area contributed by atoms with Gasteiger partial charge in [0.05, 0.1) is 0 Å². The quantitative estimate of drug-likeness (QED) is 0.283. The topological polar surface area (TPSA) is 0 Å². The van der Waals surface area contributed by atoms with Gasteiger partial charge >= 0.3 is 0 Å². The van der Waals surface area contributed by atoms with E-state index in [4.69, 9.17) is 0 Å². The summed E-state index contributed by atoms with van der Waals surface area (Å²) in [5.74, 6) is -1.29. The number of hydrogen-bond donors (Lipinski definition) is 0. The van der Waals surface area contributed by atoms with Crippen molar-refractivity contribution in [2.45, 2.75) is 32.6 Å². The average Bonchev–Trinajstić information content (AvgIpc) is 2.74. The van der Waals surface area contributed by atoms with Crippen molar-refractivity contribution in [3.8, 4) is 22.3 Å². The zero-order chi connectivity index (χ0) is 21.1. The SMILES string of the molecule is CCCCCc1ccc2c(F)c(-c3ccc(-c4cccc(F)c4)c(F)c3)ccc2c1. The molecule has 0 bridgehead atoms. The van der Waals surface area contributed by atoms with Crippen molar-refractivity contribution in [2.75, 3.05) is 0 Å². The minimum atomic E-state index is -0.510. The average molecular weight is 404 g/mol. The molecule has 152 valence electrons. The van der Waals surface area contributed by atoms with Crippen molar-refractivity contribution in [1.82, 2.24) is 0 Å². The maximum Gasteiger partial charge on any atom is 0.138 e. The Labute approximate surface area is 175 Å². The van der Waals surface area contributed by atoms with E-state index in [9.17, 15) is 8.78 Å². The number of halogens is 3. The van der Waals surface area contributed by atoms with E-state index >= 15 is 4.39 Å². The molecule has 30 heavy (non-hydrogen) atoms. The van der Waals surface area contributed by atoms with Crippen LogP contribution in [0, 0.1) is 17.5 Å². The van der Waals surface area contributed by atoms with Crippen LogP contribution < -0.4 is 0 Å². The summed E-state index contributed by atoms with van der Waals surface area (Å²) in [6.45, 7) is 2.17. The molecule has 4 aromatic carbocycles. The van der Waals surface area contributed by atoms with Gasteiger partial charge in [-0.3, -0.25) is 0 Å². The van der Waals surface area contributed by atoms with Gasteiger partial charge in [-0.05, 0) is 53.1 Å². The zero-order valence-electron chi connectivity index (χ0n) is 16.9. The Morgan fingerprint density at radius 3 is 2.27 bits per heavy atom. The van der Waals surface area contributed by atoms with Crippen LogP contribution in [0.25, 0.3) is 33.0 Å². The number of hydrogen-bond acceptors (Lipinski definition) is 0. The van der Waals surface area contributed by atoms with Crippen molar-refractivity contribution in [3.63, 3.8) is 0 Å². The molecule has 0 aliphatic rings. The minimum Gasteiger partial charge on any atom is -0.207 e. The lowest BCUT2D eigenvalue weighted by atomic mass is 9.96. The van der Waals surface area contributed by atoms with E-state index in [1.807, 2.05) is 24.3 Å². The molecule has 0 aliphatic heterocycles. The molecule has 0 aromatic heterocycles. The standard InChI is InChI=1S/C27H23F3/c1-2-3-4-6-18-9-12-24-20(15-18)11-14-25(27(24)30)21-10-13-23(26(29)17-21)19-7-5-8-22(28)16-19/h5,7-17H,2-4,6H2,1H3. The molecular formula is C27H23F3. The summed E-state index contributed by atoms with van der Waals surface area (Å²) < 4.78 is 43.5. The molecule has 0 saturated heterocycles. The minimum absolute atomic E-state index is 0.288. The van der Waals surface area contributed by atoms with E-state index in [0.717, 1.165) is 18.2 Å². The van der Waals surface area contributed by atoms with Crippen molar-refractivity contribution < 1.29 is 13.2 Å². The first-order valence-electron chi connectivity index (χ1n) is 10.3. The maximum absolute atomic E-state index is 15.2. The fourth-order valence-electron chi connectivity index (χ4n) is 3.87. The first kappa shape index (κ1) is 20.2. The summed E-state index contributed by atoms with van der Waals surface area (Å²) >= 11 is 0. The molecule has 0 fully saturated rings. The summed E-state index contributed by atoms with van der Waals surface area (Å²) in [5.41, 5.74) is 2.75. The summed E-state index contributed by atoms with van der Waals surface area (Å²) in [7, 11) is 0. The van der Waals surface area contributed by atoms with Crippen LogP contribution in [0.2, 0.25) is 0 Å². The van der Waals surface area contributed by atoms with Gasteiger partial charge in [0.2, 0.25) is 0 Å². The molecule has 4 rings (SSSR count). The largest absolute Gasteiger partial charge is 0.207 e. The van der Waals surface area contributed by atoms with Crippen molar-refractivity contribution in [2.24, 2.45) is 0 Å². The van der Waals surface area contributed by atoms with Crippen LogP contribution in [0.4, 0.5) is 13.2 Å². The van der Waals surface area contributed by atoms with Crippen LogP contribution in [-0.4, -0.2) is 0 Å². The van der Waals surface area contributed by atoms with Gasteiger partial charge in [0.15, 0.2) is 0 Å². The second-order valence-corrected chi connectivity index (χ2v) is 7.64. The number of aryl methyl sites for hydroxylation is 1. The third-order valence-electron chi connectivity index (χ3n) is 5.50. The van der Waals surface area contributed by atoms with Gasteiger partial charge in [0.1, 0.15) is 17.5 Å². The fourth-order valence-corrected chi connectivity index (χ4v) is 3.87. The van der Waals surface area contributed by atoms with E-state index in [-0.39, 0.29) is 11.4 Å². The summed E-state index contributed by atoms with van der Waals surface area (Å²) in [6.07, 6.45) is 4.46. The van der Waals surface area contributed by atoms with E-state index in [0.29, 0.717) is 22.1 Å².